The van der Waals surface area contributed by atoms with E-state index in [1.54, 1.807) is 6.07 Å². The second kappa shape index (κ2) is 4.62. The molecule has 0 aliphatic heterocycles. The Morgan fingerprint density at radius 1 is 1.40 bits per heavy atom. The molecule has 2 rings (SSSR count). The molecule has 1 aromatic rings. The Morgan fingerprint density at radius 3 is 2.73 bits per heavy atom. The average Bonchev–Trinajstić information content (AvgIpc) is 2.85. The van der Waals surface area contributed by atoms with E-state index >= 15 is 0 Å². The fourth-order valence-electron chi connectivity index (χ4n) is 1.90. The number of hydrogen-bond acceptors (Lipinski definition) is 1. The lowest BCUT2D eigenvalue weighted by Crippen LogP contribution is -2.23. The van der Waals surface area contributed by atoms with E-state index in [1.807, 2.05) is 6.07 Å². The summed E-state index contributed by atoms with van der Waals surface area (Å²) < 4.78 is 13.9. The minimum Gasteiger partial charge on any atom is -0.327 e. The molecule has 1 aliphatic carbocycles. The van der Waals surface area contributed by atoms with Crippen LogP contribution in [0.5, 0.6) is 0 Å². The minimum atomic E-state index is -0.196. The smallest absolute Gasteiger partial charge is 0.124 e. The summed E-state index contributed by atoms with van der Waals surface area (Å²) in [5, 5.41) is 0. The highest BCUT2D eigenvalue weighted by atomic mass is 79.9. The van der Waals surface area contributed by atoms with Crippen molar-refractivity contribution in [3.63, 3.8) is 0 Å². The van der Waals surface area contributed by atoms with Crippen molar-refractivity contribution in [2.45, 2.75) is 31.7 Å². The molecule has 82 valence electrons. The van der Waals surface area contributed by atoms with Gasteiger partial charge in [0.25, 0.3) is 0 Å². The fourth-order valence-corrected chi connectivity index (χ4v) is 2.41. The van der Waals surface area contributed by atoms with Crippen LogP contribution in [-0.2, 0) is 6.42 Å². The van der Waals surface area contributed by atoms with Gasteiger partial charge in [-0.1, -0.05) is 28.8 Å². The third kappa shape index (κ3) is 3.58. The molecule has 1 atom stereocenters. The molecular formula is C12H15BrFN. The van der Waals surface area contributed by atoms with E-state index in [1.165, 1.54) is 18.9 Å². The summed E-state index contributed by atoms with van der Waals surface area (Å²) in [5.41, 5.74) is 6.99. The molecule has 0 heterocycles. The highest BCUT2D eigenvalue weighted by Crippen LogP contribution is 2.33. The van der Waals surface area contributed by atoms with Gasteiger partial charge in [-0.15, -0.1) is 0 Å². The van der Waals surface area contributed by atoms with Gasteiger partial charge in [0.2, 0.25) is 0 Å². The quantitative estimate of drug-likeness (QED) is 0.894. The molecule has 0 radical (unpaired) electrons. The Morgan fingerprint density at radius 2 is 2.13 bits per heavy atom. The van der Waals surface area contributed by atoms with Crippen molar-refractivity contribution < 1.29 is 4.39 Å². The van der Waals surface area contributed by atoms with Gasteiger partial charge in [-0.05, 0) is 42.5 Å². The van der Waals surface area contributed by atoms with Crippen LogP contribution >= 0.6 is 15.9 Å². The van der Waals surface area contributed by atoms with Gasteiger partial charge in [-0.25, -0.2) is 4.39 Å². The highest BCUT2D eigenvalue weighted by molar-refractivity contribution is 9.10. The first-order valence-corrected chi connectivity index (χ1v) is 6.13. The number of halogens is 2. The zero-order valence-electron chi connectivity index (χ0n) is 8.55. The largest absolute Gasteiger partial charge is 0.327 e. The van der Waals surface area contributed by atoms with Gasteiger partial charge in [0.15, 0.2) is 0 Å². The third-order valence-electron chi connectivity index (χ3n) is 2.75. The zero-order valence-corrected chi connectivity index (χ0v) is 10.1. The lowest BCUT2D eigenvalue weighted by atomic mass is 10.0. The summed E-state index contributed by atoms with van der Waals surface area (Å²) >= 11 is 3.29. The second-order valence-electron chi connectivity index (χ2n) is 4.42. The van der Waals surface area contributed by atoms with E-state index in [0.717, 1.165) is 28.8 Å². The fraction of sp³-hybridized carbons (Fsp3) is 0.500. The Bertz CT molecular complexity index is 329. The molecule has 0 amide bonds. The van der Waals surface area contributed by atoms with Crippen molar-refractivity contribution in [2.24, 2.45) is 11.7 Å². The first kappa shape index (κ1) is 11.1. The Hall–Kier alpha value is -0.410. The summed E-state index contributed by atoms with van der Waals surface area (Å²) in [4.78, 5) is 0. The van der Waals surface area contributed by atoms with Gasteiger partial charge < -0.3 is 5.73 Å². The van der Waals surface area contributed by atoms with E-state index in [4.69, 9.17) is 5.73 Å². The molecule has 1 nitrogen and oxygen atoms in total. The molecule has 1 fully saturated rings. The monoisotopic (exact) mass is 271 g/mol. The normalized spacial score (nSPS) is 17.8. The molecule has 2 N–H and O–H groups in total. The van der Waals surface area contributed by atoms with E-state index in [-0.39, 0.29) is 11.9 Å². The van der Waals surface area contributed by atoms with Gasteiger partial charge in [-0.2, -0.15) is 0 Å². The van der Waals surface area contributed by atoms with Crippen LogP contribution in [0.15, 0.2) is 22.7 Å². The molecule has 1 unspecified atom stereocenters. The maximum atomic E-state index is 13.1. The van der Waals surface area contributed by atoms with Crippen molar-refractivity contribution in [3.8, 4) is 0 Å². The summed E-state index contributed by atoms with van der Waals surface area (Å²) in [5.74, 6) is 0.634. The van der Waals surface area contributed by atoms with Crippen molar-refractivity contribution in [1.82, 2.24) is 0 Å². The van der Waals surface area contributed by atoms with Gasteiger partial charge in [0, 0.05) is 10.5 Å². The molecule has 0 spiro atoms. The number of hydrogen-bond donors (Lipinski definition) is 1. The number of benzene rings is 1. The lowest BCUT2D eigenvalue weighted by molar-refractivity contribution is 0.562. The zero-order chi connectivity index (χ0) is 10.8. The molecule has 1 aliphatic rings. The molecule has 0 bridgehead atoms. The standard InChI is InChI=1S/C12H15BrFN/c13-10-3-9(4-11(14)7-10)6-12(15)5-8-1-2-8/h3-4,7-8,12H,1-2,5-6,15H2. The average molecular weight is 272 g/mol. The van der Waals surface area contributed by atoms with Gasteiger partial charge >= 0.3 is 0 Å². The van der Waals surface area contributed by atoms with Crippen molar-refractivity contribution in [2.75, 3.05) is 0 Å². The summed E-state index contributed by atoms with van der Waals surface area (Å²) in [6.07, 6.45) is 4.49. The van der Waals surface area contributed by atoms with E-state index in [2.05, 4.69) is 15.9 Å². The predicted molar refractivity (Wildman–Crippen MR) is 63.1 cm³/mol. The van der Waals surface area contributed by atoms with Crippen LogP contribution < -0.4 is 5.73 Å². The number of nitrogens with two attached hydrogens (primary N) is 1. The van der Waals surface area contributed by atoms with Crippen LogP contribution in [0, 0.1) is 11.7 Å². The Balaban J connectivity index is 1.96. The summed E-state index contributed by atoms with van der Waals surface area (Å²) in [6, 6.07) is 5.15. The molecule has 0 saturated heterocycles. The third-order valence-corrected chi connectivity index (χ3v) is 3.21. The minimum absolute atomic E-state index is 0.172. The summed E-state index contributed by atoms with van der Waals surface area (Å²) in [6.45, 7) is 0. The van der Waals surface area contributed by atoms with Gasteiger partial charge in [0.05, 0.1) is 0 Å². The van der Waals surface area contributed by atoms with Crippen LogP contribution in [-0.4, -0.2) is 6.04 Å². The molecular weight excluding hydrogens is 257 g/mol. The van der Waals surface area contributed by atoms with E-state index in [0.29, 0.717) is 0 Å². The Kier molecular flexibility index (Phi) is 3.42. The van der Waals surface area contributed by atoms with Crippen LogP contribution in [0.1, 0.15) is 24.8 Å². The SMILES string of the molecule is NC(Cc1cc(F)cc(Br)c1)CC1CC1. The second-order valence-corrected chi connectivity index (χ2v) is 5.34. The van der Waals surface area contributed by atoms with Gasteiger partial charge in [-0.3, -0.25) is 0 Å². The molecule has 1 saturated carbocycles. The maximum Gasteiger partial charge on any atom is 0.124 e. The predicted octanol–water partition coefficient (Wildman–Crippen LogP) is 3.26. The lowest BCUT2D eigenvalue weighted by Gasteiger charge is -2.11. The molecule has 3 heteroatoms. The molecule has 1 aromatic carbocycles. The van der Waals surface area contributed by atoms with Crippen LogP contribution in [0.4, 0.5) is 4.39 Å². The Labute approximate surface area is 98.0 Å². The molecule has 0 aromatic heterocycles. The number of rotatable bonds is 4. The van der Waals surface area contributed by atoms with Crippen LogP contribution in [0.3, 0.4) is 0 Å². The van der Waals surface area contributed by atoms with Gasteiger partial charge in [0.1, 0.15) is 5.82 Å². The van der Waals surface area contributed by atoms with Crippen molar-refractivity contribution >= 4 is 15.9 Å². The summed E-state index contributed by atoms with van der Waals surface area (Å²) in [7, 11) is 0. The van der Waals surface area contributed by atoms with E-state index < -0.39 is 0 Å². The van der Waals surface area contributed by atoms with E-state index in [9.17, 15) is 4.39 Å². The first-order chi connectivity index (χ1) is 7.13. The van der Waals surface area contributed by atoms with Crippen molar-refractivity contribution in [1.29, 1.82) is 0 Å². The highest BCUT2D eigenvalue weighted by Gasteiger charge is 2.23. The topological polar surface area (TPSA) is 26.0 Å². The van der Waals surface area contributed by atoms with Crippen molar-refractivity contribution in [3.05, 3.63) is 34.1 Å². The van der Waals surface area contributed by atoms with Crippen LogP contribution in [0.25, 0.3) is 0 Å². The molecule has 15 heavy (non-hydrogen) atoms. The first-order valence-electron chi connectivity index (χ1n) is 5.34. The van der Waals surface area contributed by atoms with Crippen LogP contribution in [0.2, 0.25) is 0 Å². The maximum absolute atomic E-state index is 13.1.